The van der Waals surface area contributed by atoms with Crippen molar-refractivity contribution in [2.45, 2.75) is 25.4 Å². The number of aromatic nitrogens is 4. The SMILES string of the molecule is NCCOCCOCCNC(=O)CCC(NC(=O)c1ccc(NCc2cnc3nc(N)[nH]c(=O)c3n2)cc1)C(=O)O. The molecular formula is C25H33N9O7. The lowest BCUT2D eigenvalue weighted by Crippen LogP contribution is -2.41. The number of aromatic amines is 1. The highest BCUT2D eigenvalue weighted by Crippen LogP contribution is 2.12. The smallest absolute Gasteiger partial charge is 0.326 e. The normalized spacial score (nSPS) is 11.6. The standard InChI is InChI=1S/C25H33N9O7/c26-7-9-40-11-12-41-10-8-28-19(35)6-5-18(24(38)39)32-22(36)15-1-3-16(4-2-15)29-13-17-14-30-21-20(31-17)23(37)34-25(27)33-21/h1-4,14,18,29H,5-13,26H2,(H,28,35)(H,32,36)(H,38,39)(H3,27,30,33,34,37). The van der Waals surface area contributed by atoms with Crippen LogP contribution in [0.25, 0.3) is 11.2 Å². The van der Waals surface area contributed by atoms with Crippen molar-refractivity contribution in [2.75, 3.05) is 50.6 Å². The van der Waals surface area contributed by atoms with E-state index in [0.29, 0.717) is 37.7 Å². The molecule has 0 saturated carbocycles. The third kappa shape index (κ3) is 10.1. The number of nitrogens with one attached hydrogen (secondary N) is 4. The van der Waals surface area contributed by atoms with E-state index >= 15 is 0 Å². The number of rotatable bonds is 17. The van der Waals surface area contributed by atoms with Crippen molar-refractivity contribution in [1.82, 2.24) is 30.6 Å². The molecule has 1 aromatic carbocycles. The topological polar surface area (TPSA) is 250 Å². The molecule has 16 nitrogen and oxygen atoms in total. The summed E-state index contributed by atoms with van der Waals surface area (Å²) >= 11 is 0. The van der Waals surface area contributed by atoms with Gasteiger partial charge in [-0.1, -0.05) is 0 Å². The molecule has 9 N–H and O–H groups in total. The minimum absolute atomic E-state index is 0.0506. The highest BCUT2D eigenvalue weighted by molar-refractivity contribution is 5.97. The maximum atomic E-state index is 12.6. The van der Waals surface area contributed by atoms with Crippen LogP contribution in [0, 0.1) is 0 Å². The molecule has 1 unspecified atom stereocenters. The number of benzene rings is 1. The average Bonchev–Trinajstić information content (AvgIpc) is 2.95. The zero-order valence-electron chi connectivity index (χ0n) is 22.2. The molecule has 0 aliphatic carbocycles. The van der Waals surface area contributed by atoms with Gasteiger partial charge in [0.2, 0.25) is 11.9 Å². The number of fused-ring (bicyclic) bond motifs is 1. The molecule has 3 aromatic rings. The van der Waals surface area contributed by atoms with E-state index in [1.54, 1.807) is 12.1 Å². The molecule has 2 aromatic heterocycles. The second kappa shape index (κ2) is 15.8. The Balaban J connectivity index is 1.42. The van der Waals surface area contributed by atoms with Crippen molar-refractivity contribution in [2.24, 2.45) is 5.73 Å². The van der Waals surface area contributed by atoms with Gasteiger partial charge in [-0.3, -0.25) is 19.4 Å². The first-order chi connectivity index (χ1) is 19.8. The number of carbonyl (C=O) groups is 3. The van der Waals surface area contributed by atoms with Gasteiger partial charge in [-0.15, -0.1) is 0 Å². The van der Waals surface area contributed by atoms with E-state index in [4.69, 9.17) is 20.9 Å². The molecule has 2 amide bonds. The van der Waals surface area contributed by atoms with Gasteiger partial charge in [-0.25, -0.2) is 14.8 Å². The van der Waals surface area contributed by atoms with E-state index in [1.807, 2.05) is 0 Å². The Hall–Kier alpha value is -4.67. The monoisotopic (exact) mass is 571 g/mol. The lowest BCUT2D eigenvalue weighted by Gasteiger charge is -2.15. The fourth-order valence-corrected chi connectivity index (χ4v) is 3.52. The van der Waals surface area contributed by atoms with E-state index in [1.165, 1.54) is 18.3 Å². The number of hydrogen-bond donors (Lipinski definition) is 7. The average molecular weight is 572 g/mol. The van der Waals surface area contributed by atoms with Gasteiger partial charge < -0.3 is 42.0 Å². The van der Waals surface area contributed by atoms with E-state index in [2.05, 4.69) is 35.9 Å². The van der Waals surface area contributed by atoms with Gasteiger partial charge in [0, 0.05) is 30.8 Å². The largest absolute Gasteiger partial charge is 0.480 e. The Kier molecular flexibility index (Phi) is 11.9. The molecule has 0 fully saturated rings. The molecular weight excluding hydrogens is 538 g/mol. The minimum Gasteiger partial charge on any atom is -0.480 e. The number of carbonyl (C=O) groups excluding carboxylic acids is 2. The van der Waals surface area contributed by atoms with Crippen LogP contribution in [0.2, 0.25) is 0 Å². The van der Waals surface area contributed by atoms with Crippen LogP contribution < -0.4 is 33.0 Å². The summed E-state index contributed by atoms with van der Waals surface area (Å²) in [6.07, 6.45) is 1.29. The lowest BCUT2D eigenvalue weighted by atomic mass is 10.1. The first-order valence-corrected chi connectivity index (χ1v) is 12.8. The van der Waals surface area contributed by atoms with E-state index in [-0.39, 0.29) is 61.1 Å². The highest BCUT2D eigenvalue weighted by atomic mass is 16.5. The number of nitrogens with two attached hydrogens (primary N) is 2. The molecule has 220 valence electrons. The lowest BCUT2D eigenvalue weighted by molar-refractivity contribution is -0.139. The predicted octanol–water partition coefficient (Wildman–Crippen LogP) is -1.02. The van der Waals surface area contributed by atoms with Gasteiger partial charge >= 0.3 is 5.97 Å². The number of carboxylic acid groups (broad SMARTS) is 1. The summed E-state index contributed by atoms with van der Waals surface area (Å²) in [7, 11) is 0. The molecule has 0 spiro atoms. The minimum atomic E-state index is -1.25. The van der Waals surface area contributed by atoms with Crippen molar-refractivity contribution in [3.8, 4) is 0 Å². The molecule has 0 saturated heterocycles. The Morgan fingerprint density at radius 3 is 2.49 bits per heavy atom. The van der Waals surface area contributed by atoms with Gasteiger partial charge in [-0.05, 0) is 30.7 Å². The zero-order chi connectivity index (χ0) is 29.6. The Bertz CT molecular complexity index is 1380. The summed E-state index contributed by atoms with van der Waals surface area (Å²) in [6, 6.07) is 5.06. The van der Waals surface area contributed by atoms with Gasteiger partial charge in [0.05, 0.1) is 44.9 Å². The second-order valence-electron chi connectivity index (χ2n) is 8.68. The van der Waals surface area contributed by atoms with Crippen LogP contribution in [0.4, 0.5) is 11.6 Å². The van der Waals surface area contributed by atoms with E-state index < -0.39 is 23.5 Å². The number of aliphatic carboxylic acids is 1. The number of hydrogen-bond acceptors (Lipinski definition) is 12. The summed E-state index contributed by atoms with van der Waals surface area (Å²) < 4.78 is 10.5. The Labute approximate surface area is 234 Å². The molecule has 0 radical (unpaired) electrons. The summed E-state index contributed by atoms with van der Waals surface area (Å²) in [5.74, 6) is -2.25. The van der Waals surface area contributed by atoms with Crippen LogP contribution in [0.15, 0.2) is 35.3 Å². The van der Waals surface area contributed by atoms with Crippen molar-refractivity contribution < 1.29 is 29.0 Å². The predicted molar refractivity (Wildman–Crippen MR) is 148 cm³/mol. The number of nitrogens with zero attached hydrogens (tertiary/aromatic N) is 3. The maximum absolute atomic E-state index is 12.6. The molecule has 2 heterocycles. The number of ether oxygens (including phenoxy) is 2. The fraction of sp³-hybridized carbons (Fsp3) is 0.400. The van der Waals surface area contributed by atoms with Crippen molar-refractivity contribution in [3.05, 3.63) is 52.1 Å². The van der Waals surface area contributed by atoms with Crippen molar-refractivity contribution >= 4 is 40.6 Å². The molecule has 3 rings (SSSR count). The molecule has 0 aliphatic heterocycles. The molecule has 16 heteroatoms. The zero-order valence-corrected chi connectivity index (χ0v) is 22.2. The van der Waals surface area contributed by atoms with Crippen LogP contribution in [-0.4, -0.2) is 88.4 Å². The van der Waals surface area contributed by atoms with Crippen LogP contribution in [0.1, 0.15) is 28.9 Å². The highest BCUT2D eigenvalue weighted by Gasteiger charge is 2.21. The molecule has 1 atom stereocenters. The van der Waals surface area contributed by atoms with Gasteiger partial charge in [0.1, 0.15) is 6.04 Å². The summed E-state index contributed by atoms with van der Waals surface area (Å²) in [5.41, 5.74) is 11.9. The number of nitrogen functional groups attached to an aromatic ring is 1. The van der Waals surface area contributed by atoms with Crippen LogP contribution in [-0.2, 0) is 25.6 Å². The number of anilines is 2. The number of H-pyrrole nitrogens is 1. The first kappa shape index (κ1) is 30.9. The third-order valence-electron chi connectivity index (χ3n) is 5.57. The first-order valence-electron chi connectivity index (χ1n) is 12.8. The van der Waals surface area contributed by atoms with Crippen molar-refractivity contribution in [1.29, 1.82) is 0 Å². The summed E-state index contributed by atoms with van der Waals surface area (Å²) in [5, 5.41) is 17.7. The quantitative estimate of drug-likeness (QED) is 0.0959. The van der Waals surface area contributed by atoms with Crippen molar-refractivity contribution in [3.63, 3.8) is 0 Å². The van der Waals surface area contributed by atoms with E-state index in [9.17, 15) is 24.3 Å². The number of carboxylic acids is 1. The third-order valence-corrected chi connectivity index (χ3v) is 5.57. The Morgan fingerprint density at radius 1 is 1.05 bits per heavy atom. The molecule has 0 bridgehead atoms. The van der Waals surface area contributed by atoms with Gasteiger partial charge in [-0.2, -0.15) is 4.98 Å². The maximum Gasteiger partial charge on any atom is 0.326 e. The Morgan fingerprint density at radius 2 is 1.78 bits per heavy atom. The van der Waals surface area contributed by atoms with Gasteiger partial charge in [0.15, 0.2) is 11.2 Å². The van der Waals surface area contributed by atoms with Crippen LogP contribution >= 0.6 is 0 Å². The molecule has 41 heavy (non-hydrogen) atoms. The van der Waals surface area contributed by atoms with E-state index in [0.717, 1.165) is 0 Å². The summed E-state index contributed by atoms with van der Waals surface area (Å²) in [4.78, 5) is 63.0. The summed E-state index contributed by atoms with van der Waals surface area (Å²) in [6.45, 7) is 2.44. The van der Waals surface area contributed by atoms with Crippen LogP contribution in [0.3, 0.4) is 0 Å². The molecule has 0 aliphatic rings. The second-order valence-corrected chi connectivity index (χ2v) is 8.68. The van der Waals surface area contributed by atoms with Crippen LogP contribution in [0.5, 0.6) is 0 Å². The number of amides is 2. The fourth-order valence-electron chi connectivity index (χ4n) is 3.52. The van der Waals surface area contributed by atoms with Gasteiger partial charge in [0.25, 0.3) is 11.5 Å².